The molecule has 38 heavy (non-hydrogen) atoms. The fraction of sp³-hybridized carbons (Fsp3) is 0.387. The lowest BCUT2D eigenvalue weighted by Crippen LogP contribution is -2.50. The maximum Gasteiger partial charge on any atom is 0.408 e. The molecule has 3 rings (SSSR count). The van der Waals surface area contributed by atoms with Crippen molar-refractivity contribution in [2.75, 3.05) is 11.9 Å². The van der Waals surface area contributed by atoms with Gasteiger partial charge in [-0.15, -0.1) is 0 Å². The Balaban J connectivity index is 1.99. The number of nitrogens with zero attached hydrogens (tertiary/aromatic N) is 1. The van der Waals surface area contributed by atoms with Gasteiger partial charge in [-0.3, -0.25) is 9.59 Å². The van der Waals surface area contributed by atoms with Crippen molar-refractivity contribution >= 4 is 34.4 Å². The van der Waals surface area contributed by atoms with Gasteiger partial charge in [0.25, 0.3) is 5.91 Å². The van der Waals surface area contributed by atoms with Gasteiger partial charge in [-0.05, 0) is 87.6 Å². The van der Waals surface area contributed by atoms with E-state index in [1.165, 1.54) is 0 Å². The van der Waals surface area contributed by atoms with Crippen molar-refractivity contribution in [3.8, 4) is 0 Å². The van der Waals surface area contributed by atoms with Crippen LogP contribution in [0.15, 0.2) is 60.7 Å². The van der Waals surface area contributed by atoms with Gasteiger partial charge in [0.1, 0.15) is 18.2 Å². The van der Waals surface area contributed by atoms with Crippen molar-refractivity contribution in [2.45, 2.75) is 72.6 Å². The average molecular weight is 518 g/mol. The molecule has 0 aliphatic rings. The smallest absolute Gasteiger partial charge is 0.408 e. The number of carbonyl (C=O) groups is 3. The predicted molar refractivity (Wildman–Crippen MR) is 152 cm³/mol. The standard InChI is InChI=1S/C31H39N3O4/c1-8-22(4)34(26(35)19-32-30(37)38-31(5,6)7)28(27-20(2)12-11-13-21(27)3)29(36)33-25-17-16-23-14-9-10-15-24(23)18-25/h9-18,22,28H,8,19H2,1-7H3,(H,32,37)(H,33,36). The van der Waals surface area contributed by atoms with Gasteiger partial charge in [0.05, 0.1) is 0 Å². The minimum Gasteiger partial charge on any atom is -0.444 e. The highest BCUT2D eigenvalue weighted by molar-refractivity contribution is 6.00. The van der Waals surface area contributed by atoms with E-state index in [-0.39, 0.29) is 24.4 Å². The quantitative estimate of drug-likeness (QED) is 0.368. The Morgan fingerprint density at radius 2 is 1.55 bits per heavy atom. The van der Waals surface area contributed by atoms with Crippen molar-refractivity contribution in [1.82, 2.24) is 10.2 Å². The van der Waals surface area contributed by atoms with Crippen LogP contribution in [-0.2, 0) is 14.3 Å². The first-order valence-corrected chi connectivity index (χ1v) is 13.0. The van der Waals surface area contributed by atoms with Crippen LogP contribution in [0.25, 0.3) is 10.8 Å². The Kier molecular flexibility index (Phi) is 9.15. The van der Waals surface area contributed by atoms with Crippen molar-refractivity contribution < 1.29 is 19.1 Å². The molecule has 2 N–H and O–H groups in total. The van der Waals surface area contributed by atoms with Crippen LogP contribution in [0.4, 0.5) is 10.5 Å². The zero-order chi connectivity index (χ0) is 28.0. The second-order valence-corrected chi connectivity index (χ2v) is 10.7. The molecule has 202 valence electrons. The van der Waals surface area contributed by atoms with Crippen LogP contribution in [0.2, 0.25) is 0 Å². The molecule has 0 saturated carbocycles. The average Bonchev–Trinajstić information content (AvgIpc) is 2.85. The number of amides is 3. The van der Waals surface area contributed by atoms with E-state index in [1.807, 2.05) is 88.4 Å². The zero-order valence-electron chi connectivity index (χ0n) is 23.4. The van der Waals surface area contributed by atoms with E-state index < -0.39 is 17.7 Å². The second-order valence-electron chi connectivity index (χ2n) is 10.7. The SMILES string of the molecule is CCC(C)N(C(=O)CNC(=O)OC(C)(C)C)C(C(=O)Nc1ccc2ccccc2c1)c1c(C)cccc1C. The van der Waals surface area contributed by atoms with Crippen LogP contribution < -0.4 is 10.6 Å². The Bertz CT molecular complexity index is 1290. The molecule has 3 amide bonds. The monoisotopic (exact) mass is 517 g/mol. The lowest BCUT2D eigenvalue weighted by molar-refractivity contribution is -0.140. The van der Waals surface area contributed by atoms with Crippen molar-refractivity contribution in [3.05, 3.63) is 77.4 Å². The normalized spacial score (nSPS) is 12.9. The molecule has 0 aliphatic carbocycles. The molecule has 0 aromatic heterocycles. The summed E-state index contributed by atoms with van der Waals surface area (Å²) in [4.78, 5) is 41.5. The van der Waals surface area contributed by atoms with Gasteiger partial charge in [0.2, 0.25) is 5.91 Å². The summed E-state index contributed by atoms with van der Waals surface area (Å²) in [6.45, 7) is 12.7. The highest BCUT2D eigenvalue weighted by Gasteiger charge is 2.36. The third kappa shape index (κ3) is 7.12. The summed E-state index contributed by atoms with van der Waals surface area (Å²) >= 11 is 0. The molecule has 0 bridgehead atoms. The molecule has 2 atom stereocenters. The number of anilines is 1. The van der Waals surface area contributed by atoms with Crippen molar-refractivity contribution in [1.29, 1.82) is 0 Å². The van der Waals surface area contributed by atoms with Crippen molar-refractivity contribution in [3.63, 3.8) is 0 Å². The van der Waals surface area contributed by atoms with E-state index in [2.05, 4.69) is 10.6 Å². The Labute approximate surface area is 225 Å². The Morgan fingerprint density at radius 1 is 0.921 bits per heavy atom. The number of benzene rings is 3. The van der Waals surface area contributed by atoms with Gasteiger partial charge in [-0.2, -0.15) is 0 Å². The summed E-state index contributed by atoms with van der Waals surface area (Å²) in [5.74, 6) is -0.685. The van der Waals surface area contributed by atoms with E-state index in [4.69, 9.17) is 4.74 Å². The first-order valence-electron chi connectivity index (χ1n) is 13.0. The largest absolute Gasteiger partial charge is 0.444 e. The summed E-state index contributed by atoms with van der Waals surface area (Å²) in [5.41, 5.74) is 2.55. The molecule has 0 heterocycles. The minimum absolute atomic E-state index is 0.269. The van der Waals surface area contributed by atoms with Gasteiger partial charge in [-0.25, -0.2) is 4.79 Å². The van der Waals surface area contributed by atoms with E-state index in [0.717, 1.165) is 27.5 Å². The number of hydrogen-bond acceptors (Lipinski definition) is 4. The molecule has 0 aliphatic heterocycles. The summed E-state index contributed by atoms with van der Waals surface area (Å²) in [6, 6.07) is 18.3. The van der Waals surface area contributed by atoms with E-state index in [0.29, 0.717) is 12.1 Å². The maximum absolute atomic E-state index is 14.0. The van der Waals surface area contributed by atoms with Crippen LogP contribution >= 0.6 is 0 Å². The number of hydrogen-bond donors (Lipinski definition) is 2. The number of carbonyl (C=O) groups excluding carboxylic acids is 3. The Hall–Kier alpha value is -3.87. The number of ether oxygens (including phenoxy) is 1. The lowest BCUT2D eigenvalue weighted by atomic mass is 9.92. The third-order valence-electron chi connectivity index (χ3n) is 6.50. The summed E-state index contributed by atoms with van der Waals surface area (Å²) in [5, 5.41) is 7.69. The van der Waals surface area contributed by atoms with Crippen LogP contribution in [0.1, 0.15) is 63.8 Å². The van der Waals surface area contributed by atoms with Crippen molar-refractivity contribution in [2.24, 2.45) is 0 Å². The molecule has 3 aromatic carbocycles. The van der Waals surface area contributed by atoms with Gasteiger partial charge in [0.15, 0.2) is 0 Å². The first kappa shape index (κ1) is 28.7. The predicted octanol–water partition coefficient (Wildman–Crippen LogP) is 6.29. The topological polar surface area (TPSA) is 87.7 Å². The minimum atomic E-state index is -0.898. The molecule has 3 aromatic rings. The number of alkyl carbamates (subject to hydrolysis) is 1. The molecule has 2 unspecified atom stereocenters. The number of nitrogens with one attached hydrogen (secondary N) is 2. The number of aryl methyl sites for hydroxylation is 2. The molecule has 0 spiro atoms. The van der Waals surface area contributed by atoms with Gasteiger partial charge in [0, 0.05) is 11.7 Å². The number of rotatable bonds is 8. The van der Waals surface area contributed by atoms with Crippen LogP contribution in [0, 0.1) is 13.8 Å². The van der Waals surface area contributed by atoms with Crippen LogP contribution in [0.3, 0.4) is 0 Å². The van der Waals surface area contributed by atoms with E-state index in [1.54, 1.807) is 25.7 Å². The molecule has 0 saturated heterocycles. The molecule has 0 radical (unpaired) electrons. The highest BCUT2D eigenvalue weighted by Crippen LogP contribution is 2.31. The number of fused-ring (bicyclic) bond motifs is 1. The van der Waals surface area contributed by atoms with Gasteiger partial charge in [-0.1, -0.05) is 55.5 Å². The molecule has 7 nitrogen and oxygen atoms in total. The fourth-order valence-electron chi connectivity index (χ4n) is 4.53. The fourth-order valence-corrected chi connectivity index (χ4v) is 4.53. The van der Waals surface area contributed by atoms with E-state index in [9.17, 15) is 14.4 Å². The van der Waals surface area contributed by atoms with E-state index >= 15 is 0 Å². The van der Waals surface area contributed by atoms with Gasteiger partial charge >= 0.3 is 6.09 Å². The molecular formula is C31H39N3O4. The molecule has 7 heteroatoms. The van der Waals surface area contributed by atoms with Crippen LogP contribution in [0.5, 0.6) is 0 Å². The highest BCUT2D eigenvalue weighted by atomic mass is 16.6. The Morgan fingerprint density at radius 3 is 2.16 bits per heavy atom. The van der Waals surface area contributed by atoms with Crippen LogP contribution in [-0.4, -0.2) is 41.0 Å². The third-order valence-corrected chi connectivity index (χ3v) is 6.50. The second kappa shape index (κ2) is 12.1. The van der Waals surface area contributed by atoms with Gasteiger partial charge < -0.3 is 20.3 Å². The first-order chi connectivity index (χ1) is 17.9. The lowest BCUT2D eigenvalue weighted by Gasteiger charge is -2.37. The molecule has 0 fully saturated rings. The summed E-state index contributed by atoms with van der Waals surface area (Å²) < 4.78 is 5.30. The zero-order valence-corrected chi connectivity index (χ0v) is 23.4. The molecular weight excluding hydrogens is 478 g/mol. The maximum atomic E-state index is 14.0. The summed E-state index contributed by atoms with van der Waals surface area (Å²) in [6.07, 6.45) is -0.0535. The summed E-state index contributed by atoms with van der Waals surface area (Å²) in [7, 11) is 0.